The van der Waals surface area contributed by atoms with Gasteiger partial charge in [-0.2, -0.15) is 0 Å². The van der Waals surface area contributed by atoms with E-state index in [0.717, 1.165) is 36.6 Å². The number of fused-ring (bicyclic) bond motifs is 5. The van der Waals surface area contributed by atoms with Crippen molar-refractivity contribution in [3.63, 3.8) is 0 Å². The molecule has 5 rings (SSSR count). The van der Waals surface area contributed by atoms with E-state index in [1.165, 1.54) is 51.4 Å². The smallest absolute Gasteiger partial charge is 0.0577 e. The number of aliphatic hydroxyl groups excluding tert-OH is 1. The number of aliphatic hydroxyl groups is 1. The summed E-state index contributed by atoms with van der Waals surface area (Å²) in [6, 6.07) is 0.748. The summed E-state index contributed by atoms with van der Waals surface area (Å²) < 4.78 is 0. The minimum Gasteiger partial charge on any atom is -0.393 e. The third-order valence-electron chi connectivity index (χ3n) is 9.60. The van der Waals surface area contributed by atoms with Crippen molar-refractivity contribution in [1.29, 1.82) is 0 Å². The van der Waals surface area contributed by atoms with Crippen molar-refractivity contribution in [2.75, 3.05) is 0 Å². The Morgan fingerprint density at radius 1 is 0.960 bits per heavy atom. The molecule has 0 radical (unpaired) electrons. The predicted octanol–water partition coefficient (Wildman–Crippen LogP) is 4.82. The van der Waals surface area contributed by atoms with Crippen LogP contribution in [-0.2, 0) is 0 Å². The predicted molar refractivity (Wildman–Crippen MR) is 102 cm³/mol. The first-order valence-corrected chi connectivity index (χ1v) is 11.0. The Morgan fingerprint density at radius 2 is 1.76 bits per heavy atom. The quantitative estimate of drug-likeness (QED) is 0.705. The van der Waals surface area contributed by atoms with E-state index in [-0.39, 0.29) is 6.10 Å². The van der Waals surface area contributed by atoms with E-state index in [0.29, 0.717) is 16.4 Å². The molecule has 25 heavy (non-hydrogen) atoms. The van der Waals surface area contributed by atoms with E-state index < -0.39 is 0 Å². The molecular formula is C23H37NO. The summed E-state index contributed by atoms with van der Waals surface area (Å²) in [7, 11) is 0. The largest absolute Gasteiger partial charge is 0.393 e. The van der Waals surface area contributed by atoms with Crippen molar-refractivity contribution in [3.8, 4) is 0 Å². The van der Waals surface area contributed by atoms with E-state index >= 15 is 0 Å². The van der Waals surface area contributed by atoms with Gasteiger partial charge in [0, 0.05) is 11.6 Å². The molecule has 0 heterocycles. The normalized spacial score (nSPS) is 53.4. The number of allylic oxidation sites excluding steroid dienone is 1. The van der Waals surface area contributed by atoms with Crippen molar-refractivity contribution in [1.82, 2.24) is 5.32 Å². The molecule has 2 unspecified atom stereocenters. The van der Waals surface area contributed by atoms with Crippen LogP contribution in [-0.4, -0.2) is 22.8 Å². The first kappa shape index (κ1) is 16.8. The molecule has 7 atom stereocenters. The van der Waals surface area contributed by atoms with Gasteiger partial charge in [0.15, 0.2) is 0 Å². The molecular weight excluding hydrogens is 306 g/mol. The molecule has 5 aliphatic rings. The highest BCUT2D eigenvalue weighted by Gasteiger charge is 2.59. The van der Waals surface area contributed by atoms with Gasteiger partial charge in [-0.05, 0) is 99.7 Å². The molecule has 4 saturated carbocycles. The summed E-state index contributed by atoms with van der Waals surface area (Å²) in [6.45, 7) is 7.59. The second kappa shape index (κ2) is 5.35. The Labute approximate surface area is 153 Å². The average Bonchev–Trinajstić information content (AvgIpc) is 3.21. The van der Waals surface area contributed by atoms with Gasteiger partial charge in [-0.25, -0.2) is 0 Å². The SMILES string of the molecule is CC1(NC2CC[C@H]3[C@@H]4CC=C5CC(O)CC[C@]5(C)[C@@H]4CC[C@]23C)CC1. The summed E-state index contributed by atoms with van der Waals surface area (Å²) in [5.41, 5.74) is 2.97. The maximum absolute atomic E-state index is 10.1. The van der Waals surface area contributed by atoms with Crippen LogP contribution in [0.25, 0.3) is 0 Å². The molecule has 5 aliphatic carbocycles. The van der Waals surface area contributed by atoms with E-state index in [2.05, 4.69) is 32.2 Å². The number of hydrogen-bond donors (Lipinski definition) is 2. The molecule has 0 bridgehead atoms. The molecule has 2 heteroatoms. The van der Waals surface area contributed by atoms with Crippen LogP contribution in [0.1, 0.15) is 85.0 Å². The first-order valence-electron chi connectivity index (χ1n) is 11.0. The van der Waals surface area contributed by atoms with Crippen molar-refractivity contribution in [2.24, 2.45) is 28.6 Å². The molecule has 0 saturated heterocycles. The van der Waals surface area contributed by atoms with Gasteiger partial charge in [-0.1, -0.05) is 25.5 Å². The van der Waals surface area contributed by atoms with Crippen molar-refractivity contribution in [2.45, 2.75) is 103 Å². The Morgan fingerprint density at radius 3 is 2.52 bits per heavy atom. The molecule has 2 N–H and O–H groups in total. The molecule has 0 amide bonds. The second-order valence-electron chi connectivity index (χ2n) is 11.0. The minimum absolute atomic E-state index is 0.0796. The minimum atomic E-state index is -0.0796. The van der Waals surface area contributed by atoms with Crippen LogP contribution >= 0.6 is 0 Å². The highest BCUT2D eigenvalue weighted by atomic mass is 16.3. The van der Waals surface area contributed by atoms with Crippen molar-refractivity contribution in [3.05, 3.63) is 11.6 Å². The van der Waals surface area contributed by atoms with E-state index in [9.17, 15) is 5.11 Å². The molecule has 0 aliphatic heterocycles. The molecule has 2 nitrogen and oxygen atoms in total. The Hall–Kier alpha value is -0.340. The van der Waals surface area contributed by atoms with Crippen LogP contribution < -0.4 is 5.32 Å². The third kappa shape index (κ3) is 2.42. The van der Waals surface area contributed by atoms with Crippen LogP contribution in [0.4, 0.5) is 0 Å². The topological polar surface area (TPSA) is 32.3 Å². The van der Waals surface area contributed by atoms with Gasteiger partial charge >= 0.3 is 0 Å². The Balaban J connectivity index is 1.41. The lowest BCUT2D eigenvalue weighted by Gasteiger charge is -2.58. The zero-order valence-electron chi connectivity index (χ0n) is 16.5. The van der Waals surface area contributed by atoms with Gasteiger partial charge in [0.1, 0.15) is 0 Å². The number of rotatable bonds is 2. The molecule has 140 valence electrons. The molecule has 0 aromatic carbocycles. The van der Waals surface area contributed by atoms with Crippen LogP contribution in [0.2, 0.25) is 0 Å². The fourth-order valence-corrected chi connectivity index (χ4v) is 7.63. The maximum Gasteiger partial charge on any atom is 0.0577 e. The fourth-order valence-electron chi connectivity index (χ4n) is 7.63. The van der Waals surface area contributed by atoms with Crippen LogP contribution in [0.3, 0.4) is 0 Å². The highest BCUT2D eigenvalue weighted by Crippen LogP contribution is 2.65. The van der Waals surface area contributed by atoms with E-state index in [1.807, 2.05) is 0 Å². The number of hydrogen-bond acceptors (Lipinski definition) is 2. The van der Waals surface area contributed by atoms with Crippen LogP contribution in [0.5, 0.6) is 0 Å². The Bertz CT molecular complexity index is 593. The monoisotopic (exact) mass is 343 g/mol. The summed E-state index contributed by atoms with van der Waals surface area (Å²) >= 11 is 0. The van der Waals surface area contributed by atoms with Gasteiger partial charge < -0.3 is 10.4 Å². The average molecular weight is 344 g/mol. The zero-order chi connectivity index (χ0) is 17.4. The third-order valence-corrected chi connectivity index (χ3v) is 9.60. The molecule has 0 aromatic heterocycles. The van der Waals surface area contributed by atoms with Crippen molar-refractivity contribution < 1.29 is 5.11 Å². The van der Waals surface area contributed by atoms with E-state index in [4.69, 9.17) is 0 Å². The lowest BCUT2D eigenvalue weighted by molar-refractivity contribution is -0.0444. The Kier molecular flexibility index (Phi) is 3.60. The second-order valence-corrected chi connectivity index (χ2v) is 11.0. The lowest BCUT2D eigenvalue weighted by atomic mass is 9.48. The maximum atomic E-state index is 10.1. The highest BCUT2D eigenvalue weighted by molar-refractivity contribution is 5.25. The summed E-state index contributed by atoms with van der Waals surface area (Å²) in [4.78, 5) is 0. The molecule has 4 fully saturated rings. The summed E-state index contributed by atoms with van der Waals surface area (Å²) in [6.07, 6.45) is 15.4. The standard InChI is InChI=1S/C23H37NO/c1-21(12-13-21)24-20-7-6-18-17-5-4-15-14-16(25)8-10-22(15,2)19(17)9-11-23(18,20)3/h4,16-20,24-25H,5-14H2,1-3H3/t16?,17-,18-,19+,20?,22-,23-/m0/s1. The fraction of sp³-hybridized carbons (Fsp3) is 0.913. The summed E-state index contributed by atoms with van der Waals surface area (Å²) in [5.74, 6) is 2.67. The molecule has 0 spiro atoms. The van der Waals surface area contributed by atoms with Crippen LogP contribution in [0.15, 0.2) is 11.6 Å². The van der Waals surface area contributed by atoms with Gasteiger partial charge in [0.25, 0.3) is 0 Å². The zero-order valence-corrected chi connectivity index (χ0v) is 16.5. The van der Waals surface area contributed by atoms with Crippen LogP contribution in [0, 0.1) is 28.6 Å². The van der Waals surface area contributed by atoms with Gasteiger partial charge in [0.05, 0.1) is 6.10 Å². The number of nitrogens with one attached hydrogen (secondary N) is 1. The summed E-state index contributed by atoms with van der Waals surface area (Å²) in [5, 5.41) is 14.2. The lowest BCUT2D eigenvalue weighted by Crippen LogP contribution is -2.54. The molecule has 0 aromatic rings. The van der Waals surface area contributed by atoms with Gasteiger partial charge in [-0.15, -0.1) is 0 Å². The van der Waals surface area contributed by atoms with Gasteiger partial charge in [-0.3, -0.25) is 0 Å². The van der Waals surface area contributed by atoms with Gasteiger partial charge in [0.2, 0.25) is 0 Å². The first-order chi connectivity index (χ1) is 11.8. The van der Waals surface area contributed by atoms with Crippen molar-refractivity contribution >= 4 is 0 Å². The van der Waals surface area contributed by atoms with E-state index in [1.54, 1.807) is 5.57 Å².